The van der Waals surface area contributed by atoms with Gasteiger partial charge < -0.3 is 15.0 Å². The highest BCUT2D eigenvalue weighted by molar-refractivity contribution is 7.92. The van der Waals surface area contributed by atoms with Crippen LogP contribution >= 0.6 is 23.2 Å². The van der Waals surface area contributed by atoms with E-state index in [1.54, 1.807) is 49.4 Å². The summed E-state index contributed by atoms with van der Waals surface area (Å²) in [5.41, 5.74) is 1.67. The van der Waals surface area contributed by atoms with Crippen LogP contribution in [0.15, 0.2) is 71.6 Å². The molecule has 0 heterocycles. The third-order valence-corrected chi connectivity index (χ3v) is 8.37. The molecule has 0 unspecified atom stereocenters. The molecule has 8 nitrogen and oxygen atoms in total. The van der Waals surface area contributed by atoms with Gasteiger partial charge in [-0.05, 0) is 55.8 Å². The highest BCUT2D eigenvalue weighted by atomic mass is 35.5. The predicted molar refractivity (Wildman–Crippen MR) is 149 cm³/mol. The molecule has 38 heavy (non-hydrogen) atoms. The number of rotatable bonds is 10. The molecule has 0 saturated heterocycles. The fourth-order valence-corrected chi connectivity index (χ4v) is 5.63. The van der Waals surface area contributed by atoms with Gasteiger partial charge >= 0.3 is 0 Å². The minimum absolute atomic E-state index is 0.0189. The number of anilines is 1. The van der Waals surface area contributed by atoms with Crippen molar-refractivity contribution < 1.29 is 22.7 Å². The van der Waals surface area contributed by atoms with Crippen LogP contribution in [0, 0.1) is 6.92 Å². The van der Waals surface area contributed by atoms with Gasteiger partial charge in [0.1, 0.15) is 18.3 Å². The van der Waals surface area contributed by atoms with Crippen LogP contribution in [-0.2, 0) is 26.2 Å². The Morgan fingerprint density at radius 1 is 1.03 bits per heavy atom. The van der Waals surface area contributed by atoms with Crippen molar-refractivity contribution in [2.45, 2.75) is 31.3 Å². The van der Waals surface area contributed by atoms with Crippen molar-refractivity contribution in [3.8, 4) is 5.75 Å². The van der Waals surface area contributed by atoms with E-state index in [9.17, 15) is 18.0 Å². The van der Waals surface area contributed by atoms with Crippen LogP contribution in [-0.4, -0.2) is 51.9 Å². The van der Waals surface area contributed by atoms with Gasteiger partial charge in [-0.1, -0.05) is 53.0 Å². The Kier molecular flexibility index (Phi) is 9.65. The van der Waals surface area contributed by atoms with Gasteiger partial charge in [-0.25, -0.2) is 8.42 Å². The number of likely N-dealkylation sites (N-methyl/N-ethyl adjacent to an activating group) is 1. The molecule has 0 aliphatic heterocycles. The second-order valence-corrected chi connectivity index (χ2v) is 11.3. The minimum Gasteiger partial charge on any atom is -0.497 e. The first-order valence-electron chi connectivity index (χ1n) is 11.7. The summed E-state index contributed by atoms with van der Waals surface area (Å²) in [4.78, 5) is 27.7. The molecule has 0 bridgehead atoms. The predicted octanol–water partition coefficient (Wildman–Crippen LogP) is 4.67. The molecule has 2 amide bonds. The lowest BCUT2D eigenvalue weighted by molar-refractivity contribution is -0.139. The zero-order valence-electron chi connectivity index (χ0n) is 21.4. The number of hydrogen-bond acceptors (Lipinski definition) is 5. The van der Waals surface area contributed by atoms with Crippen molar-refractivity contribution >= 4 is 50.7 Å². The van der Waals surface area contributed by atoms with Gasteiger partial charge in [0.25, 0.3) is 10.0 Å². The normalized spacial score (nSPS) is 11.9. The third-order valence-electron chi connectivity index (χ3n) is 6.00. The molecule has 1 N–H and O–H groups in total. The lowest BCUT2D eigenvalue weighted by atomic mass is 10.1. The smallest absolute Gasteiger partial charge is 0.264 e. The number of halogens is 2. The van der Waals surface area contributed by atoms with E-state index in [-0.39, 0.29) is 17.1 Å². The monoisotopic (exact) mass is 577 g/mol. The number of aryl methyl sites for hydroxylation is 1. The minimum atomic E-state index is -4.18. The Bertz CT molecular complexity index is 1410. The molecular formula is C27H29Cl2N3O5S. The van der Waals surface area contributed by atoms with E-state index in [4.69, 9.17) is 27.9 Å². The zero-order valence-corrected chi connectivity index (χ0v) is 23.8. The van der Waals surface area contributed by atoms with Crippen molar-refractivity contribution in [3.05, 3.63) is 87.9 Å². The van der Waals surface area contributed by atoms with Gasteiger partial charge in [0.05, 0.1) is 17.7 Å². The van der Waals surface area contributed by atoms with Crippen molar-refractivity contribution in [1.82, 2.24) is 10.2 Å². The number of amides is 2. The van der Waals surface area contributed by atoms with Gasteiger partial charge in [-0.15, -0.1) is 0 Å². The van der Waals surface area contributed by atoms with E-state index in [1.807, 2.05) is 6.92 Å². The molecule has 0 spiro atoms. The van der Waals surface area contributed by atoms with E-state index in [1.165, 1.54) is 43.3 Å². The number of nitrogens with one attached hydrogen (secondary N) is 1. The van der Waals surface area contributed by atoms with Gasteiger partial charge in [0.2, 0.25) is 11.8 Å². The summed E-state index contributed by atoms with van der Waals surface area (Å²) in [6, 6.07) is 16.6. The number of carbonyl (C=O) groups is 2. The van der Waals surface area contributed by atoms with Crippen molar-refractivity contribution in [2.24, 2.45) is 0 Å². The van der Waals surface area contributed by atoms with E-state index in [0.29, 0.717) is 21.4 Å². The van der Waals surface area contributed by atoms with Gasteiger partial charge in [-0.2, -0.15) is 0 Å². The Hall–Kier alpha value is -3.27. The number of nitrogens with zero attached hydrogens (tertiary/aromatic N) is 2. The summed E-state index contributed by atoms with van der Waals surface area (Å²) in [6.45, 7) is 2.79. The zero-order chi connectivity index (χ0) is 28.0. The number of sulfonamides is 1. The third kappa shape index (κ3) is 6.78. The second kappa shape index (κ2) is 12.5. The molecule has 0 aliphatic carbocycles. The maximum Gasteiger partial charge on any atom is 0.264 e. The summed E-state index contributed by atoms with van der Waals surface area (Å²) in [6.07, 6.45) is 0. The Morgan fingerprint density at radius 3 is 2.32 bits per heavy atom. The second-order valence-electron chi connectivity index (χ2n) is 8.57. The molecule has 0 aromatic heterocycles. The molecule has 0 aliphatic rings. The summed E-state index contributed by atoms with van der Waals surface area (Å²) >= 11 is 12.4. The average Bonchev–Trinajstić information content (AvgIpc) is 2.90. The Labute approximate surface area is 233 Å². The lowest BCUT2D eigenvalue weighted by Gasteiger charge is -2.32. The van der Waals surface area contributed by atoms with Crippen LogP contribution in [0.5, 0.6) is 5.75 Å². The van der Waals surface area contributed by atoms with Gasteiger partial charge in [-0.3, -0.25) is 13.9 Å². The first-order chi connectivity index (χ1) is 18.0. The highest BCUT2D eigenvalue weighted by Crippen LogP contribution is 2.28. The summed E-state index contributed by atoms with van der Waals surface area (Å²) < 4.78 is 33.9. The van der Waals surface area contributed by atoms with Crippen LogP contribution in [0.25, 0.3) is 0 Å². The SMILES string of the molecule is CNC(=O)[C@@H](C)N(Cc1ccc(Cl)cc1Cl)C(=O)CN(c1cccc(OC)c1)S(=O)(=O)c1ccc(C)cc1. The van der Waals surface area contributed by atoms with Crippen LogP contribution < -0.4 is 14.4 Å². The fourth-order valence-electron chi connectivity index (χ4n) is 3.76. The number of methoxy groups -OCH3 is 1. The first-order valence-corrected chi connectivity index (χ1v) is 13.9. The van der Waals surface area contributed by atoms with E-state index in [2.05, 4.69) is 5.32 Å². The summed E-state index contributed by atoms with van der Waals surface area (Å²) in [5, 5.41) is 3.27. The molecule has 0 fully saturated rings. The quantitative estimate of drug-likeness (QED) is 0.378. The van der Waals surface area contributed by atoms with E-state index in [0.717, 1.165) is 9.87 Å². The largest absolute Gasteiger partial charge is 0.497 e. The van der Waals surface area contributed by atoms with Crippen LogP contribution in [0.2, 0.25) is 10.0 Å². The Balaban J connectivity index is 2.07. The molecule has 11 heteroatoms. The van der Waals surface area contributed by atoms with E-state index < -0.39 is 34.4 Å². The topological polar surface area (TPSA) is 96.0 Å². The molecular weight excluding hydrogens is 549 g/mol. The van der Waals surface area contributed by atoms with Crippen LogP contribution in [0.4, 0.5) is 5.69 Å². The lowest BCUT2D eigenvalue weighted by Crippen LogP contribution is -2.50. The van der Waals surface area contributed by atoms with Gasteiger partial charge in [0.15, 0.2) is 0 Å². The summed E-state index contributed by atoms with van der Waals surface area (Å²) in [7, 11) is -1.25. The molecule has 1 atom stereocenters. The van der Waals surface area contributed by atoms with Crippen molar-refractivity contribution in [1.29, 1.82) is 0 Å². The fraction of sp³-hybridized carbons (Fsp3) is 0.259. The molecule has 0 saturated carbocycles. The molecule has 0 radical (unpaired) electrons. The molecule has 3 aromatic rings. The van der Waals surface area contributed by atoms with Gasteiger partial charge in [0, 0.05) is 29.7 Å². The number of ether oxygens (including phenoxy) is 1. The number of carbonyl (C=O) groups excluding carboxylic acids is 2. The van der Waals surface area contributed by atoms with Crippen LogP contribution in [0.3, 0.4) is 0 Å². The standard InChI is InChI=1S/C27H29Cl2N3O5S/c1-18-8-12-24(13-9-18)38(35,36)32(22-6-5-7-23(15-22)37-4)17-26(33)31(19(2)27(34)30-3)16-20-10-11-21(28)14-25(20)29/h5-15,19H,16-17H2,1-4H3,(H,30,34)/t19-/m1/s1. The number of benzene rings is 3. The summed E-state index contributed by atoms with van der Waals surface area (Å²) in [5.74, 6) is -0.606. The molecule has 202 valence electrons. The van der Waals surface area contributed by atoms with Crippen molar-refractivity contribution in [3.63, 3.8) is 0 Å². The molecule has 3 rings (SSSR count). The highest BCUT2D eigenvalue weighted by Gasteiger charge is 2.32. The Morgan fingerprint density at radius 2 is 1.71 bits per heavy atom. The van der Waals surface area contributed by atoms with E-state index >= 15 is 0 Å². The van der Waals surface area contributed by atoms with Crippen LogP contribution in [0.1, 0.15) is 18.1 Å². The number of hydrogen-bond donors (Lipinski definition) is 1. The van der Waals surface area contributed by atoms with Crippen molar-refractivity contribution in [2.75, 3.05) is 25.0 Å². The maximum absolute atomic E-state index is 13.8. The maximum atomic E-state index is 13.8. The first kappa shape index (κ1) is 29.3. The average molecular weight is 579 g/mol. The molecule has 3 aromatic carbocycles.